The van der Waals surface area contributed by atoms with Crippen molar-refractivity contribution < 1.29 is 0 Å². The summed E-state index contributed by atoms with van der Waals surface area (Å²) in [5.41, 5.74) is 1.70. The summed E-state index contributed by atoms with van der Waals surface area (Å²) in [4.78, 5) is 4.33. The molecule has 84 valence electrons. The summed E-state index contributed by atoms with van der Waals surface area (Å²) in [5, 5.41) is 4.17. The Balaban J connectivity index is 2.34. The van der Waals surface area contributed by atoms with Crippen LogP contribution in [-0.2, 0) is 7.05 Å². The van der Waals surface area contributed by atoms with Gasteiger partial charge in [0.1, 0.15) is 0 Å². The fourth-order valence-electron chi connectivity index (χ4n) is 1.45. The summed E-state index contributed by atoms with van der Waals surface area (Å²) in [6, 6.07) is 5.45. The third-order valence-corrected chi connectivity index (χ3v) is 3.01. The molecule has 5 heteroatoms. The van der Waals surface area contributed by atoms with Gasteiger partial charge in [0.15, 0.2) is 0 Å². The van der Waals surface area contributed by atoms with Gasteiger partial charge >= 0.3 is 0 Å². The summed E-state index contributed by atoms with van der Waals surface area (Å²) in [6.45, 7) is 1.94. The predicted molar refractivity (Wildman–Crippen MR) is 67.7 cm³/mol. The van der Waals surface area contributed by atoms with Gasteiger partial charge in [0.25, 0.3) is 0 Å². The fraction of sp³-hybridized carbons (Fsp3) is 0.182. The molecular weight excluding hydrogens is 245 g/mol. The summed E-state index contributed by atoms with van der Waals surface area (Å²) in [5.74, 6) is 0.738. The van der Waals surface area contributed by atoms with Crippen LogP contribution in [0.2, 0.25) is 10.0 Å². The zero-order valence-electron chi connectivity index (χ0n) is 8.96. The minimum absolute atomic E-state index is 0.504. The number of aromatic nitrogens is 2. The van der Waals surface area contributed by atoms with Gasteiger partial charge in [-0.25, -0.2) is 4.98 Å². The molecule has 0 unspecified atom stereocenters. The molecule has 0 bridgehead atoms. The van der Waals surface area contributed by atoms with Crippen LogP contribution in [0.4, 0.5) is 11.6 Å². The fourth-order valence-corrected chi connectivity index (χ4v) is 1.80. The average Bonchev–Trinajstić information content (AvgIpc) is 2.53. The van der Waals surface area contributed by atoms with Crippen molar-refractivity contribution in [1.29, 1.82) is 0 Å². The lowest BCUT2D eigenvalue weighted by Gasteiger charge is -2.08. The lowest BCUT2D eigenvalue weighted by molar-refractivity contribution is 0.924. The first-order valence-corrected chi connectivity index (χ1v) is 5.54. The molecule has 0 aliphatic carbocycles. The first kappa shape index (κ1) is 11.3. The maximum absolute atomic E-state index is 6.07. The molecule has 0 aliphatic heterocycles. The van der Waals surface area contributed by atoms with Crippen molar-refractivity contribution in [3.63, 3.8) is 0 Å². The Bertz CT molecular complexity index is 520. The Morgan fingerprint density at radius 1 is 1.31 bits per heavy atom. The van der Waals surface area contributed by atoms with Crippen LogP contribution in [-0.4, -0.2) is 9.55 Å². The van der Waals surface area contributed by atoms with E-state index in [1.807, 2.05) is 36.9 Å². The van der Waals surface area contributed by atoms with E-state index >= 15 is 0 Å². The van der Waals surface area contributed by atoms with Gasteiger partial charge in [0.2, 0.25) is 5.95 Å². The molecule has 1 aromatic heterocycles. The third-order valence-electron chi connectivity index (χ3n) is 2.19. The molecule has 0 atom stereocenters. The number of imidazole rings is 1. The molecule has 2 aromatic rings. The minimum Gasteiger partial charge on any atom is -0.324 e. The van der Waals surface area contributed by atoms with Crippen LogP contribution in [0.25, 0.3) is 0 Å². The summed E-state index contributed by atoms with van der Waals surface area (Å²) >= 11 is 12.0. The Hall–Kier alpha value is -1.19. The monoisotopic (exact) mass is 255 g/mol. The van der Waals surface area contributed by atoms with Gasteiger partial charge in [-0.05, 0) is 19.1 Å². The molecule has 0 amide bonds. The van der Waals surface area contributed by atoms with Crippen molar-refractivity contribution in [2.75, 3.05) is 5.32 Å². The lowest BCUT2D eigenvalue weighted by atomic mass is 10.3. The Morgan fingerprint density at radius 2 is 2.06 bits per heavy atom. The molecule has 0 spiro atoms. The molecule has 0 aliphatic rings. The van der Waals surface area contributed by atoms with E-state index in [2.05, 4.69) is 10.3 Å². The Kier molecular flexibility index (Phi) is 3.08. The molecule has 0 saturated heterocycles. The van der Waals surface area contributed by atoms with E-state index in [1.54, 1.807) is 6.07 Å². The molecular formula is C11H11Cl2N3. The number of anilines is 2. The summed E-state index contributed by atoms with van der Waals surface area (Å²) in [6.07, 6.45) is 1.93. The molecule has 16 heavy (non-hydrogen) atoms. The highest BCUT2D eigenvalue weighted by Gasteiger charge is 2.07. The number of aryl methyl sites for hydroxylation is 2. The van der Waals surface area contributed by atoms with Crippen molar-refractivity contribution in [1.82, 2.24) is 9.55 Å². The van der Waals surface area contributed by atoms with Crippen molar-refractivity contribution in [2.45, 2.75) is 6.92 Å². The predicted octanol–water partition coefficient (Wildman–Crippen LogP) is 3.78. The number of nitrogens with zero attached hydrogens (tertiary/aromatic N) is 2. The van der Waals surface area contributed by atoms with E-state index in [-0.39, 0.29) is 0 Å². The molecule has 2 rings (SSSR count). The number of rotatable bonds is 2. The zero-order valence-corrected chi connectivity index (χ0v) is 10.5. The van der Waals surface area contributed by atoms with Gasteiger partial charge in [-0.15, -0.1) is 0 Å². The molecule has 0 radical (unpaired) electrons. The Labute approximate surface area is 104 Å². The van der Waals surface area contributed by atoms with Gasteiger partial charge in [0.05, 0.1) is 21.4 Å². The number of hydrogen-bond donors (Lipinski definition) is 1. The Morgan fingerprint density at radius 3 is 2.69 bits per heavy atom. The van der Waals surface area contributed by atoms with Crippen LogP contribution in [0, 0.1) is 6.92 Å². The second kappa shape index (κ2) is 4.36. The van der Waals surface area contributed by atoms with Crippen LogP contribution >= 0.6 is 23.2 Å². The van der Waals surface area contributed by atoms with Crippen LogP contribution in [0.15, 0.2) is 24.4 Å². The molecule has 1 N–H and O–H groups in total. The second-order valence-electron chi connectivity index (χ2n) is 3.54. The first-order chi connectivity index (χ1) is 7.58. The highest BCUT2D eigenvalue weighted by molar-refractivity contribution is 6.43. The number of hydrogen-bond acceptors (Lipinski definition) is 2. The molecule has 3 nitrogen and oxygen atoms in total. The second-order valence-corrected chi connectivity index (χ2v) is 4.33. The molecule has 1 aromatic carbocycles. The van der Waals surface area contributed by atoms with E-state index in [0.29, 0.717) is 10.0 Å². The first-order valence-electron chi connectivity index (χ1n) is 4.79. The van der Waals surface area contributed by atoms with Crippen LogP contribution in [0.5, 0.6) is 0 Å². The maximum Gasteiger partial charge on any atom is 0.207 e. The van der Waals surface area contributed by atoms with E-state index in [9.17, 15) is 0 Å². The van der Waals surface area contributed by atoms with Gasteiger partial charge in [-0.3, -0.25) is 0 Å². The lowest BCUT2D eigenvalue weighted by Crippen LogP contribution is -1.98. The van der Waals surface area contributed by atoms with E-state index < -0.39 is 0 Å². The van der Waals surface area contributed by atoms with E-state index in [0.717, 1.165) is 17.3 Å². The standard InChI is InChI=1S/C11H11Cl2N3/c1-7-6-16(2)11(14-7)15-9-5-3-4-8(12)10(9)13/h3-6H,1-2H3,(H,14,15). The van der Waals surface area contributed by atoms with Gasteiger partial charge < -0.3 is 9.88 Å². The zero-order chi connectivity index (χ0) is 11.7. The van der Waals surface area contributed by atoms with Gasteiger partial charge in [-0.2, -0.15) is 0 Å². The highest BCUT2D eigenvalue weighted by Crippen LogP contribution is 2.31. The summed E-state index contributed by atoms with van der Waals surface area (Å²) < 4.78 is 1.90. The maximum atomic E-state index is 6.07. The van der Waals surface area contributed by atoms with Crippen molar-refractivity contribution >= 4 is 34.8 Å². The van der Waals surface area contributed by atoms with Crippen LogP contribution in [0.1, 0.15) is 5.69 Å². The number of halogens is 2. The average molecular weight is 256 g/mol. The smallest absolute Gasteiger partial charge is 0.207 e. The highest BCUT2D eigenvalue weighted by atomic mass is 35.5. The molecule has 0 fully saturated rings. The number of benzene rings is 1. The quantitative estimate of drug-likeness (QED) is 0.886. The van der Waals surface area contributed by atoms with Crippen LogP contribution < -0.4 is 5.32 Å². The van der Waals surface area contributed by atoms with Crippen molar-refractivity contribution in [3.05, 3.63) is 40.1 Å². The van der Waals surface area contributed by atoms with Crippen molar-refractivity contribution in [3.8, 4) is 0 Å². The normalized spacial score (nSPS) is 10.5. The third kappa shape index (κ3) is 2.15. The SMILES string of the molecule is Cc1cn(C)c(Nc2cccc(Cl)c2Cl)n1. The van der Waals surface area contributed by atoms with Gasteiger partial charge in [-0.1, -0.05) is 29.3 Å². The summed E-state index contributed by atoms with van der Waals surface area (Å²) in [7, 11) is 1.92. The van der Waals surface area contributed by atoms with Gasteiger partial charge in [0, 0.05) is 13.2 Å². The largest absolute Gasteiger partial charge is 0.324 e. The minimum atomic E-state index is 0.504. The topological polar surface area (TPSA) is 29.9 Å². The van der Waals surface area contributed by atoms with Crippen molar-refractivity contribution in [2.24, 2.45) is 7.05 Å². The molecule has 1 heterocycles. The molecule has 0 saturated carbocycles. The number of nitrogens with one attached hydrogen (secondary N) is 1. The van der Waals surface area contributed by atoms with E-state index in [1.165, 1.54) is 0 Å². The van der Waals surface area contributed by atoms with Crippen LogP contribution in [0.3, 0.4) is 0 Å². The van der Waals surface area contributed by atoms with E-state index in [4.69, 9.17) is 23.2 Å².